The van der Waals surface area contributed by atoms with Gasteiger partial charge in [0.05, 0.1) is 0 Å². The number of nitrogens with one attached hydrogen (secondary N) is 1. The van der Waals surface area contributed by atoms with Crippen LogP contribution in [0.15, 0.2) is 54.7 Å². The summed E-state index contributed by atoms with van der Waals surface area (Å²) in [6, 6.07) is 15.2. The lowest BCUT2D eigenvalue weighted by molar-refractivity contribution is -0.650. The molecule has 0 aliphatic rings. The predicted octanol–water partition coefficient (Wildman–Crippen LogP) is 2.95. The zero-order valence-electron chi connectivity index (χ0n) is 12.3. The molecule has 0 bridgehead atoms. The van der Waals surface area contributed by atoms with Gasteiger partial charge in [-0.3, -0.25) is 4.79 Å². The molecule has 3 heteroatoms. The second-order valence-electron chi connectivity index (χ2n) is 6.11. The molecule has 0 radical (unpaired) electrons. The van der Waals surface area contributed by atoms with Crippen LogP contribution in [0.3, 0.4) is 0 Å². The van der Waals surface area contributed by atoms with Gasteiger partial charge in [0.2, 0.25) is 5.69 Å². The Kier molecular flexibility index (Phi) is 4.18. The van der Waals surface area contributed by atoms with Crippen molar-refractivity contribution >= 4 is 5.91 Å². The largest absolute Gasteiger partial charge is 0.305 e. The highest BCUT2D eigenvalue weighted by Crippen LogP contribution is 2.18. The van der Waals surface area contributed by atoms with Gasteiger partial charge in [0.1, 0.15) is 0 Å². The van der Waals surface area contributed by atoms with E-state index < -0.39 is 0 Å². The molecule has 0 unspecified atom stereocenters. The van der Waals surface area contributed by atoms with Crippen molar-refractivity contribution in [2.24, 2.45) is 5.41 Å². The number of aromatic nitrogens is 1. The molecule has 0 aliphatic carbocycles. The molecule has 0 atom stereocenters. The van der Waals surface area contributed by atoms with Crippen LogP contribution < -0.4 is 10.1 Å². The molecule has 0 saturated carbocycles. The van der Waals surface area contributed by atoms with Crippen LogP contribution in [0.25, 0.3) is 0 Å². The van der Waals surface area contributed by atoms with Crippen LogP contribution in [0, 0.1) is 5.41 Å². The van der Waals surface area contributed by atoms with Gasteiger partial charge in [-0.2, -0.15) is 0 Å². The van der Waals surface area contributed by atoms with E-state index in [0.29, 0.717) is 5.56 Å². The van der Waals surface area contributed by atoms with E-state index in [-0.39, 0.29) is 11.3 Å². The zero-order chi connectivity index (χ0) is 14.6. The van der Waals surface area contributed by atoms with Gasteiger partial charge in [-0.05, 0) is 23.6 Å². The highest BCUT2D eigenvalue weighted by molar-refractivity contribution is 5.98. The van der Waals surface area contributed by atoms with Crippen LogP contribution in [0.5, 0.6) is 0 Å². The minimum absolute atomic E-state index is 0.100. The molecular formula is C17H21N2O+. The Hall–Kier alpha value is -2.16. The Balaban J connectivity index is 2.20. The highest BCUT2D eigenvalue weighted by Gasteiger charge is 2.21. The summed E-state index contributed by atoms with van der Waals surface area (Å²) in [5.41, 5.74) is 4.84. The summed E-state index contributed by atoms with van der Waals surface area (Å²) in [4.78, 5) is 12.2. The number of amides is 1. The maximum Gasteiger partial charge on any atom is 0.305 e. The maximum atomic E-state index is 12.2. The monoisotopic (exact) mass is 269 g/mol. The van der Waals surface area contributed by atoms with E-state index in [2.05, 4.69) is 26.2 Å². The number of carbonyl (C=O) groups is 1. The van der Waals surface area contributed by atoms with E-state index in [1.807, 2.05) is 54.7 Å². The average Bonchev–Trinajstić information content (AvgIpc) is 2.40. The normalized spacial score (nSPS) is 11.2. The molecule has 0 fully saturated rings. The van der Waals surface area contributed by atoms with E-state index in [1.165, 1.54) is 0 Å². The van der Waals surface area contributed by atoms with Gasteiger partial charge < -0.3 is 0 Å². The molecule has 104 valence electrons. The molecule has 1 amide bonds. The Bertz CT molecular complexity index is 585. The summed E-state index contributed by atoms with van der Waals surface area (Å²) < 4.78 is 1.81. The Labute approximate surface area is 120 Å². The summed E-state index contributed by atoms with van der Waals surface area (Å²) in [6.45, 7) is 6.55. The molecular weight excluding hydrogens is 248 g/mol. The SMILES string of the molecule is CC(C)(C)Cc1cccc[n+]1NC(=O)c1ccccc1. The smallest absolute Gasteiger partial charge is 0.264 e. The molecule has 3 nitrogen and oxygen atoms in total. The fourth-order valence-electron chi connectivity index (χ4n) is 2.04. The molecule has 1 N–H and O–H groups in total. The van der Waals surface area contributed by atoms with E-state index in [1.54, 1.807) is 4.68 Å². The third-order valence-corrected chi connectivity index (χ3v) is 2.91. The van der Waals surface area contributed by atoms with Gasteiger partial charge in [0, 0.05) is 24.1 Å². The van der Waals surface area contributed by atoms with Crippen molar-refractivity contribution < 1.29 is 9.47 Å². The first-order valence-electron chi connectivity index (χ1n) is 6.82. The van der Waals surface area contributed by atoms with Crippen molar-refractivity contribution in [3.05, 3.63) is 66.0 Å². The van der Waals surface area contributed by atoms with E-state index in [9.17, 15) is 4.79 Å². The Morgan fingerprint density at radius 2 is 1.70 bits per heavy atom. The quantitative estimate of drug-likeness (QED) is 0.854. The predicted molar refractivity (Wildman–Crippen MR) is 79.9 cm³/mol. The van der Waals surface area contributed by atoms with Gasteiger partial charge in [0.15, 0.2) is 6.20 Å². The van der Waals surface area contributed by atoms with Crippen LogP contribution in [-0.4, -0.2) is 5.91 Å². The molecule has 1 heterocycles. The first-order valence-corrected chi connectivity index (χ1v) is 6.82. The number of carbonyl (C=O) groups excluding carboxylic acids is 1. The second-order valence-corrected chi connectivity index (χ2v) is 6.11. The van der Waals surface area contributed by atoms with Gasteiger partial charge in [-0.15, -0.1) is 5.43 Å². The van der Waals surface area contributed by atoms with Crippen LogP contribution in [-0.2, 0) is 6.42 Å². The summed E-state index contributed by atoms with van der Waals surface area (Å²) in [5, 5.41) is 0. The first kappa shape index (κ1) is 14.3. The van der Waals surface area contributed by atoms with Crippen LogP contribution in [0.1, 0.15) is 36.8 Å². The number of rotatable bonds is 3. The standard InChI is InChI=1S/C17H20N2O/c1-17(2,3)13-15-11-7-8-12-19(15)18-16(20)14-9-5-4-6-10-14/h4-12H,13H2,1-3H3/p+1. The lowest BCUT2D eigenvalue weighted by atomic mass is 9.90. The van der Waals surface area contributed by atoms with E-state index in [4.69, 9.17) is 0 Å². The minimum atomic E-state index is -0.100. The van der Waals surface area contributed by atoms with Crippen molar-refractivity contribution in [2.75, 3.05) is 5.43 Å². The molecule has 1 aromatic heterocycles. The summed E-state index contributed by atoms with van der Waals surface area (Å²) >= 11 is 0. The summed E-state index contributed by atoms with van der Waals surface area (Å²) in [5.74, 6) is -0.100. The zero-order valence-corrected chi connectivity index (χ0v) is 12.3. The van der Waals surface area contributed by atoms with Crippen molar-refractivity contribution in [1.29, 1.82) is 0 Å². The first-order chi connectivity index (χ1) is 9.46. The molecule has 0 saturated heterocycles. The minimum Gasteiger partial charge on any atom is -0.264 e. The number of pyridine rings is 1. The number of hydrogen-bond donors (Lipinski definition) is 1. The van der Waals surface area contributed by atoms with Crippen molar-refractivity contribution in [1.82, 2.24) is 0 Å². The van der Waals surface area contributed by atoms with E-state index >= 15 is 0 Å². The fraction of sp³-hybridized carbons (Fsp3) is 0.294. The second kappa shape index (κ2) is 5.87. The molecule has 0 spiro atoms. The van der Waals surface area contributed by atoms with Gasteiger partial charge in [-0.1, -0.05) is 43.6 Å². The van der Waals surface area contributed by atoms with Crippen LogP contribution >= 0.6 is 0 Å². The molecule has 0 aliphatic heterocycles. The molecule has 2 aromatic rings. The van der Waals surface area contributed by atoms with Crippen LogP contribution in [0.4, 0.5) is 0 Å². The topological polar surface area (TPSA) is 33.0 Å². The Morgan fingerprint density at radius 1 is 1.05 bits per heavy atom. The van der Waals surface area contributed by atoms with E-state index in [0.717, 1.165) is 12.1 Å². The lowest BCUT2D eigenvalue weighted by Gasteiger charge is -2.16. The number of benzene rings is 1. The highest BCUT2D eigenvalue weighted by atomic mass is 16.2. The fourth-order valence-corrected chi connectivity index (χ4v) is 2.04. The summed E-state index contributed by atoms with van der Waals surface area (Å²) in [6.07, 6.45) is 2.77. The van der Waals surface area contributed by atoms with Crippen molar-refractivity contribution in [2.45, 2.75) is 27.2 Å². The average molecular weight is 269 g/mol. The van der Waals surface area contributed by atoms with Crippen molar-refractivity contribution in [3.63, 3.8) is 0 Å². The lowest BCUT2D eigenvalue weighted by Crippen LogP contribution is -2.51. The third-order valence-electron chi connectivity index (χ3n) is 2.91. The number of nitrogens with zero attached hydrogens (tertiary/aromatic N) is 1. The summed E-state index contributed by atoms with van der Waals surface area (Å²) in [7, 11) is 0. The Morgan fingerprint density at radius 3 is 2.35 bits per heavy atom. The van der Waals surface area contributed by atoms with Gasteiger partial charge in [-0.25, -0.2) is 0 Å². The van der Waals surface area contributed by atoms with Crippen molar-refractivity contribution in [3.8, 4) is 0 Å². The van der Waals surface area contributed by atoms with Crippen LogP contribution in [0.2, 0.25) is 0 Å². The number of hydrogen-bond acceptors (Lipinski definition) is 1. The maximum absolute atomic E-state index is 12.2. The molecule has 20 heavy (non-hydrogen) atoms. The van der Waals surface area contributed by atoms with Gasteiger partial charge in [0.25, 0.3) is 0 Å². The third kappa shape index (κ3) is 3.92. The van der Waals surface area contributed by atoms with Gasteiger partial charge >= 0.3 is 5.91 Å². The molecule has 2 rings (SSSR count). The molecule has 1 aromatic carbocycles.